The minimum atomic E-state index is -4.83. The van der Waals surface area contributed by atoms with Crippen LogP contribution in [0.4, 0.5) is 19.1 Å². The van der Waals surface area contributed by atoms with Gasteiger partial charge in [-0.1, -0.05) is 0 Å². The number of aromatic nitrogens is 2. The molecule has 2 heterocycles. The number of hydrogen-bond donors (Lipinski definition) is 1. The van der Waals surface area contributed by atoms with Crippen LogP contribution < -0.4 is 5.32 Å². The molecule has 31 heavy (non-hydrogen) atoms. The Hall–Kier alpha value is -1.91. The summed E-state index contributed by atoms with van der Waals surface area (Å²) >= 11 is 0. The Morgan fingerprint density at radius 1 is 1.06 bits per heavy atom. The summed E-state index contributed by atoms with van der Waals surface area (Å²) in [5.74, 6) is 0.334. The summed E-state index contributed by atoms with van der Waals surface area (Å²) in [6.45, 7) is -0.266. The monoisotopic (exact) mass is 458 g/mol. The van der Waals surface area contributed by atoms with E-state index in [0.717, 1.165) is 30.4 Å². The van der Waals surface area contributed by atoms with Crippen molar-refractivity contribution in [3.8, 4) is 0 Å². The number of alkyl halides is 3. The van der Waals surface area contributed by atoms with Gasteiger partial charge in [-0.3, -0.25) is 4.79 Å². The van der Waals surface area contributed by atoms with Crippen molar-refractivity contribution in [3.63, 3.8) is 0 Å². The van der Waals surface area contributed by atoms with Gasteiger partial charge >= 0.3 is 6.18 Å². The lowest BCUT2D eigenvalue weighted by molar-refractivity contribution is -0.141. The van der Waals surface area contributed by atoms with Crippen LogP contribution in [-0.4, -0.2) is 59.3 Å². The summed E-state index contributed by atoms with van der Waals surface area (Å²) in [6, 6.07) is 0. The van der Waals surface area contributed by atoms with E-state index in [9.17, 15) is 26.4 Å². The first-order valence-electron chi connectivity index (χ1n) is 10.7. The van der Waals surface area contributed by atoms with Gasteiger partial charge < -0.3 is 10.2 Å². The van der Waals surface area contributed by atoms with Gasteiger partial charge in [0.1, 0.15) is 0 Å². The van der Waals surface area contributed by atoms with Crippen molar-refractivity contribution >= 4 is 21.7 Å². The zero-order valence-electron chi connectivity index (χ0n) is 17.0. The predicted octanol–water partition coefficient (Wildman–Crippen LogP) is 2.75. The summed E-state index contributed by atoms with van der Waals surface area (Å²) in [6.07, 6.45) is 2.49. The molecule has 1 aromatic rings. The van der Waals surface area contributed by atoms with Crippen molar-refractivity contribution in [2.75, 3.05) is 29.9 Å². The minimum absolute atomic E-state index is 0.0907. The summed E-state index contributed by atoms with van der Waals surface area (Å²) in [5.41, 5.74) is -2.17. The fraction of sp³-hybridized carbons (Fsp3) is 0.750. The Balaban J connectivity index is 1.41. The first-order valence-corrected chi connectivity index (χ1v) is 12.6. The van der Waals surface area contributed by atoms with Gasteiger partial charge in [-0.2, -0.15) is 13.2 Å². The van der Waals surface area contributed by atoms with Gasteiger partial charge in [-0.15, -0.1) is 0 Å². The molecule has 6 rings (SSSR count). The molecule has 1 N–H and O–H groups in total. The number of nitrogens with one attached hydrogen (secondary N) is 1. The molecule has 4 bridgehead atoms. The molecule has 5 aliphatic rings. The predicted molar refractivity (Wildman–Crippen MR) is 106 cm³/mol. The van der Waals surface area contributed by atoms with Crippen LogP contribution in [0.25, 0.3) is 0 Å². The second-order valence-corrected chi connectivity index (χ2v) is 12.0. The Bertz CT molecular complexity index is 962. The van der Waals surface area contributed by atoms with Gasteiger partial charge in [0.15, 0.2) is 15.5 Å². The number of carbonyl (C=O) groups is 1. The third-order valence-corrected chi connectivity index (χ3v) is 8.94. The molecule has 1 amide bonds. The summed E-state index contributed by atoms with van der Waals surface area (Å²) < 4.78 is 64.5. The van der Waals surface area contributed by atoms with E-state index in [-0.39, 0.29) is 36.1 Å². The van der Waals surface area contributed by atoms with Gasteiger partial charge in [0, 0.05) is 24.8 Å². The van der Waals surface area contributed by atoms with Crippen molar-refractivity contribution in [1.29, 1.82) is 0 Å². The Morgan fingerprint density at radius 3 is 2.13 bits per heavy atom. The van der Waals surface area contributed by atoms with Gasteiger partial charge in [0.2, 0.25) is 5.95 Å². The topological polar surface area (TPSA) is 92.3 Å². The van der Waals surface area contributed by atoms with E-state index in [4.69, 9.17) is 0 Å². The highest BCUT2D eigenvalue weighted by molar-refractivity contribution is 7.91. The van der Waals surface area contributed by atoms with Crippen LogP contribution in [0.15, 0.2) is 6.20 Å². The van der Waals surface area contributed by atoms with Crippen LogP contribution in [-0.2, 0) is 16.0 Å². The van der Waals surface area contributed by atoms with Crippen molar-refractivity contribution in [2.24, 2.45) is 17.8 Å². The molecule has 0 aromatic carbocycles. The zero-order valence-corrected chi connectivity index (χ0v) is 17.8. The maximum atomic E-state index is 13.8. The van der Waals surface area contributed by atoms with Gasteiger partial charge in [0.25, 0.3) is 5.91 Å². The standard InChI is InChI=1S/C20H25F3N4O3S/c21-20(22,23)16-15(17(28)27-1-3-31(29,30)4-2-27)11-24-18(25-16)26-19-8-12-5-13(9-19)7-14(6-12)10-19/h11-14H,1-10H2,(H,24,25,26). The van der Waals surface area contributed by atoms with Crippen LogP contribution in [0.5, 0.6) is 0 Å². The number of anilines is 1. The molecule has 4 saturated carbocycles. The lowest BCUT2D eigenvalue weighted by Gasteiger charge is -2.56. The van der Waals surface area contributed by atoms with Crippen LogP contribution in [0.3, 0.4) is 0 Å². The molecule has 170 valence electrons. The van der Waals surface area contributed by atoms with Gasteiger partial charge in [0.05, 0.1) is 17.1 Å². The normalized spacial score (nSPS) is 34.0. The van der Waals surface area contributed by atoms with E-state index in [1.165, 1.54) is 19.3 Å². The molecular weight excluding hydrogens is 433 g/mol. The SMILES string of the molecule is O=C(c1cnc(NC23CC4CC(CC(C4)C2)C3)nc1C(F)(F)F)N1CCS(=O)(=O)CC1. The maximum Gasteiger partial charge on any atom is 0.434 e. The summed E-state index contributed by atoms with van der Waals surface area (Å²) in [7, 11) is -3.26. The second-order valence-electron chi connectivity index (χ2n) is 9.72. The lowest BCUT2D eigenvalue weighted by atomic mass is 9.53. The largest absolute Gasteiger partial charge is 0.434 e. The van der Waals surface area contributed by atoms with Gasteiger partial charge in [-0.05, 0) is 56.3 Å². The van der Waals surface area contributed by atoms with Crippen molar-refractivity contribution in [2.45, 2.75) is 50.2 Å². The molecular formula is C20H25F3N4O3S. The van der Waals surface area contributed by atoms with E-state index in [1.807, 2.05) is 0 Å². The fourth-order valence-electron chi connectivity index (χ4n) is 6.40. The van der Waals surface area contributed by atoms with Crippen LogP contribution >= 0.6 is 0 Å². The highest BCUT2D eigenvalue weighted by atomic mass is 32.2. The van der Waals surface area contributed by atoms with Crippen molar-refractivity contribution in [1.82, 2.24) is 14.9 Å². The number of halogens is 3. The van der Waals surface area contributed by atoms with E-state index in [1.54, 1.807) is 0 Å². The number of nitrogens with zero attached hydrogens (tertiary/aromatic N) is 3. The molecule has 1 aromatic heterocycles. The molecule has 5 fully saturated rings. The zero-order chi connectivity index (χ0) is 22.0. The number of rotatable bonds is 3. The minimum Gasteiger partial charge on any atom is -0.349 e. The Labute approximate surface area is 178 Å². The first kappa shape index (κ1) is 21.0. The molecule has 7 nitrogen and oxygen atoms in total. The molecule has 1 saturated heterocycles. The second kappa shape index (κ2) is 7.05. The van der Waals surface area contributed by atoms with Crippen LogP contribution in [0.1, 0.15) is 54.6 Å². The summed E-state index contributed by atoms with van der Waals surface area (Å²) in [5, 5.41) is 3.23. The molecule has 11 heteroatoms. The maximum absolute atomic E-state index is 13.8. The van der Waals surface area contributed by atoms with Crippen molar-refractivity contribution in [3.05, 3.63) is 17.5 Å². The molecule has 0 spiro atoms. The number of amides is 1. The number of carbonyl (C=O) groups excluding carboxylic acids is 1. The van der Waals surface area contributed by atoms with E-state index in [0.29, 0.717) is 17.8 Å². The molecule has 0 radical (unpaired) electrons. The van der Waals surface area contributed by atoms with Crippen LogP contribution in [0, 0.1) is 17.8 Å². The van der Waals surface area contributed by atoms with Crippen molar-refractivity contribution < 1.29 is 26.4 Å². The fourth-order valence-corrected chi connectivity index (χ4v) is 7.60. The van der Waals surface area contributed by atoms with E-state index < -0.39 is 33.2 Å². The lowest BCUT2D eigenvalue weighted by Crippen LogP contribution is -2.55. The van der Waals surface area contributed by atoms with E-state index >= 15 is 0 Å². The third-order valence-electron chi connectivity index (χ3n) is 7.33. The van der Waals surface area contributed by atoms with Crippen LogP contribution in [0.2, 0.25) is 0 Å². The third kappa shape index (κ3) is 4.01. The Kier molecular flexibility index (Phi) is 4.76. The molecule has 0 unspecified atom stereocenters. The highest BCUT2D eigenvalue weighted by Crippen LogP contribution is 2.56. The first-order chi connectivity index (χ1) is 14.5. The van der Waals surface area contributed by atoms with Gasteiger partial charge in [-0.25, -0.2) is 18.4 Å². The summed E-state index contributed by atoms with van der Waals surface area (Å²) in [4.78, 5) is 21.7. The van der Waals surface area contributed by atoms with E-state index in [2.05, 4.69) is 15.3 Å². The number of hydrogen-bond acceptors (Lipinski definition) is 6. The average molecular weight is 459 g/mol. The molecule has 0 atom stereocenters. The molecule has 4 aliphatic carbocycles. The Morgan fingerprint density at radius 2 is 1.61 bits per heavy atom. The average Bonchev–Trinajstić information content (AvgIpc) is 2.65. The smallest absolute Gasteiger partial charge is 0.349 e. The molecule has 1 aliphatic heterocycles. The highest BCUT2D eigenvalue weighted by Gasteiger charge is 2.51. The quantitative estimate of drug-likeness (QED) is 0.749. The number of sulfone groups is 1.